The molecule has 0 saturated heterocycles. The Morgan fingerprint density at radius 1 is 0.704 bits per heavy atom. The van der Waals surface area contributed by atoms with Crippen molar-refractivity contribution in [1.29, 1.82) is 0 Å². The Morgan fingerprint density at radius 3 is 1.67 bits per heavy atom. The van der Waals surface area contributed by atoms with Gasteiger partial charge in [-0.15, -0.1) is 0 Å². The van der Waals surface area contributed by atoms with E-state index < -0.39 is 0 Å². The lowest BCUT2D eigenvalue weighted by atomic mass is 10.0. The van der Waals surface area contributed by atoms with Gasteiger partial charge < -0.3 is 5.32 Å². The summed E-state index contributed by atoms with van der Waals surface area (Å²) in [7, 11) is 1.93. The Hall–Kier alpha value is -3.24. The Kier molecular flexibility index (Phi) is 4.57. The molecule has 0 saturated carbocycles. The molecule has 0 radical (unpaired) electrons. The van der Waals surface area contributed by atoms with Crippen molar-refractivity contribution in [3.05, 3.63) is 95.1 Å². The summed E-state index contributed by atoms with van der Waals surface area (Å²) in [5.41, 5.74) is 5.39. The average Bonchev–Trinajstić information content (AvgIpc) is 2.95. The van der Waals surface area contributed by atoms with Crippen LogP contribution in [-0.2, 0) is 13.1 Å². The minimum absolute atomic E-state index is 0.222. The van der Waals surface area contributed by atoms with E-state index in [1.165, 1.54) is 10.5 Å². The quantitative estimate of drug-likeness (QED) is 0.706. The second-order valence-corrected chi connectivity index (χ2v) is 6.67. The summed E-state index contributed by atoms with van der Waals surface area (Å²) in [5.74, 6) is -0.445. The first-order valence-electron chi connectivity index (χ1n) is 8.95. The van der Waals surface area contributed by atoms with Crippen molar-refractivity contribution < 1.29 is 9.59 Å². The Bertz CT molecular complexity index is 957. The average molecular weight is 356 g/mol. The van der Waals surface area contributed by atoms with Crippen molar-refractivity contribution in [2.24, 2.45) is 0 Å². The molecule has 134 valence electrons. The summed E-state index contributed by atoms with van der Waals surface area (Å²) in [5, 5.41) is 3.14. The maximum atomic E-state index is 12.5. The van der Waals surface area contributed by atoms with Crippen LogP contribution in [0.4, 0.5) is 0 Å². The molecule has 4 heteroatoms. The van der Waals surface area contributed by atoms with Crippen LogP contribution in [0.2, 0.25) is 0 Å². The smallest absolute Gasteiger partial charge is 0.261 e. The van der Waals surface area contributed by atoms with Crippen molar-refractivity contribution in [3.8, 4) is 11.1 Å². The van der Waals surface area contributed by atoms with E-state index in [4.69, 9.17) is 0 Å². The molecular weight excluding hydrogens is 336 g/mol. The fourth-order valence-electron chi connectivity index (χ4n) is 3.39. The molecule has 0 bridgehead atoms. The molecule has 0 aromatic heterocycles. The van der Waals surface area contributed by atoms with Crippen LogP contribution >= 0.6 is 0 Å². The monoisotopic (exact) mass is 356 g/mol. The van der Waals surface area contributed by atoms with E-state index >= 15 is 0 Å². The first kappa shape index (κ1) is 17.2. The van der Waals surface area contributed by atoms with Gasteiger partial charge in [-0.2, -0.15) is 0 Å². The lowest BCUT2D eigenvalue weighted by molar-refractivity contribution is 0.0642. The van der Waals surface area contributed by atoms with Gasteiger partial charge in [-0.25, -0.2) is 0 Å². The first-order valence-corrected chi connectivity index (χ1v) is 8.95. The molecule has 1 aliphatic heterocycles. The summed E-state index contributed by atoms with van der Waals surface area (Å²) in [4.78, 5) is 26.3. The van der Waals surface area contributed by atoms with Crippen LogP contribution < -0.4 is 5.32 Å². The van der Waals surface area contributed by atoms with Crippen LogP contribution in [0, 0.1) is 0 Å². The molecule has 2 amide bonds. The highest BCUT2D eigenvalue weighted by Crippen LogP contribution is 2.25. The number of hydrogen-bond acceptors (Lipinski definition) is 3. The number of fused-ring (bicyclic) bond motifs is 1. The minimum atomic E-state index is -0.222. The van der Waals surface area contributed by atoms with Crippen LogP contribution in [0.25, 0.3) is 11.1 Å². The second-order valence-electron chi connectivity index (χ2n) is 6.67. The second kappa shape index (κ2) is 7.17. The van der Waals surface area contributed by atoms with Gasteiger partial charge in [-0.05, 0) is 41.4 Å². The Labute approximate surface area is 158 Å². The van der Waals surface area contributed by atoms with Crippen LogP contribution in [0.1, 0.15) is 31.8 Å². The van der Waals surface area contributed by atoms with E-state index in [-0.39, 0.29) is 18.4 Å². The van der Waals surface area contributed by atoms with Crippen LogP contribution in [0.3, 0.4) is 0 Å². The van der Waals surface area contributed by atoms with Crippen molar-refractivity contribution >= 4 is 11.8 Å². The van der Waals surface area contributed by atoms with Crippen LogP contribution in [-0.4, -0.2) is 23.8 Å². The number of hydrogen-bond donors (Lipinski definition) is 1. The maximum Gasteiger partial charge on any atom is 0.261 e. The van der Waals surface area contributed by atoms with E-state index in [1.54, 1.807) is 24.3 Å². The molecular formula is C23H20N2O2. The zero-order valence-electron chi connectivity index (χ0n) is 15.1. The van der Waals surface area contributed by atoms with Crippen LogP contribution in [0.15, 0.2) is 72.8 Å². The van der Waals surface area contributed by atoms with E-state index in [0.29, 0.717) is 11.1 Å². The number of nitrogens with one attached hydrogen (secondary N) is 1. The van der Waals surface area contributed by atoms with Gasteiger partial charge in [0.25, 0.3) is 11.8 Å². The SMILES string of the molecule is CNCc1ccc(-c2ccc(CN3C(=O)c4ccccc4C3=O)cc2)cc1. The molecule has 27 heavy (non-hydrogen) atoms. The largest absolute Gasteiger partial charge is 0.316 e. The summed E-state index contributed by atoms with van der Waals surface area (Å²) in [6.45, 7) is 1.13. The van der Waals surface area contributed by atoms with Gasteiger partial charge in [0.15, 0.2) is 0 Å². The minimum Gasteiger partial charge on any atom is -0.316 e. The highest BCUT2D eigenvalue weighted by atomic mass is 16.2. The molecule has 4 nitrogen and oxygen atoms in total. The van der Waals surface area contributed by atoms with E-state index in [9.17, 15) is 9.59 Å². The zero-order valence-corrected chi connectivity index (χ0v) is 15.1. The van der Waals surface area contributed by atoms with Gasteiger partial charge in [-0.3, -0.25) is 14.5 Å². The van der Waals surface area contributed by atoms with Gasteiger partial charge in [0.1, 0.15) is 0 Å². The number of amides is 2. The Morgan fingerprint density at radius 2 is 1.19 bits per heavy atom. The third-order valence-corrected chi connectivity index (χ3v) is 4.84. The summed E-state index contributed by atoms with van der Waals surface area (Å²) < 4.78 is 0. The van der Waals surface area contributed by atoms with E-state index in [1.807, 2.05) is 31.3 Å². The van der Waals surface area contributed by atoms with Gasteiger partial charge in [0.2, 0.25) is 0 Å². The molecule has 0 aliphatic carbocycles. The lowest BCUT2D eigenvalue weighted by Crippen LogP contribution is -2.29. The standard InChI is InChI=1S/C23H20N2O2/c1-24-14-16-6-10-18(11-7-16)19-12-8-17(9-13-19)15-25-22(26)20-4-2-3-5-21(20)23(25)27/h2-13,24H,14-15H2,1H3. The number of imide groups is 1. The number of nitrogens with zero attached hydrogens (tertiary/aromatic N) is 1. The molecule has 0 atom stereocenters. The molecule has 0 spiro atoms. The fraction of sp³-hybridized carbons (Fsp3) is 0.130. The molecule has 3 aromatic carbocycles. The summed E-state index contributed by atoms with van der Waals surface area (Å²) in [6.07, 6.45) is 0. The van der Waals surface area contributed by atoms with Gasteiger partial charge in [0.05, 0.1) is 17.7 Å². The van der Waals surface area contributed by atoms with Crippen molar-refractivity contribution in [3.63, 3.8) is 0 Å². The number of carbonyl (C=O) groups excluding carboxylic acids is 2. The van der Waals surface area contributed by atoms with Gasteiger partial charge in [-0.1, -0.05) is 60.7 Å². The number of rotatable bonds is 5. The first-order chi connectivity index (χ1) is 13.2. The molecule has 0 fully saturated rings. The maximum absolute atomic E-state index is 12.5. The third-order valence-electron chi connectivity index (χ3n) is 4.84. The van der Waals surface area contributed by atoms with Crippen molar-refractivity contribution in [1.82, 2.24) is 10.2 Å². The lowest BCUT2D eigenvalue weighted by Gasteiger charge is -2.14. The topological polar surface area (TPSA) is 49.4 Å². The van der Waals surface area contributed by atoms with Gasteiger partial charge in [0, 0.05) is 6.54 Å². The van der Waals surface area contributed by atoms with Crippen molar-refractivity contribution in [2.45, 2.75) is 13.1 Å². The molecule has 4 rings (SSSR count). The van der Waals surface area contributed by atoms with Crippen LogP contribution in [0.5, 0.6) is 0 Å². The predicted molar refractivity (Wildman–Crippen MR) is 105 cm³/mol. The summed E-state index contributed by atoms with van der Waals surface area (Å²) in [6, 6.07) is 23.4. The predicted octanol–water partition coefficient (Wildman–Crippen LogP) is 3.87. The normalized spacial score (nSPS) is 13.1. The van der Waals surface area contributed by atoms with E-state index in [0.717, 1.165) is 23.2 Å². The highest BCUT2D eigenvalue weighted by Gasteiger charge is 2.34. The fourth-order valence-corrected chi connectivity index (χ4v) is 3.39. The molecule has 3 aromatic rings. The third kappa shape index (κ3) is 3.27. The van der Waals surface area contributed by atoms with Gasteiger partial charge >= 0.3 is 0 Å². The molecule has 1 N–H and O–H groups in total. The van der Waals surface area contributed by atoms with E-state index in [2.05, 4.69) is 29.6 Å². The molecule has 0 unspecified atom stereocenters. The molecule has 1 aliphatic rings. The highest BCUT2D eigenvalue weighted by molar-refractivity contribution is 6.21. The number of carbonyl (C=O) groups is 2. The number of benzene rings is 3. The van der Waals surface area contributed by atoms with Crippen molar-refractivity contribution in [2.75, 3.05) is 7.05 Å². The molecule has 1 heterocycles. The Balaban J connectivity index is 1.50. The zero-order chi connectivity index (χ0) is 18.8. The summed E-state index contributed by atoms with van der Waals surface area (Å²) >= 11 is 0.